The molecule has 1 N–H and O–H groups in total. The molecule has 0 aromatic heterocycles. The van der Waals surface area contributed by atoms with Gasteiger partial charge in [0.15, 0.2) is 5.78 Å². The highest BCUT2D eigenvalue weighted by atomic mass is 16.2. The first kappa shape index (κ1) is 16.4. The number of hydrogen-bond acceptors (Lipinski definition) is 4. The van der Waals surface area contributed by atoms with Crippen LogP contribution in [0.1, 0.15) is 40.5 Å². The van der Waals surface area contributed by atoms with Gasteiger partial charge in [-0.1, -0.05) is 13.8 Å². The van der Waals surface area contributed by atoms with Gasteiger partial charge in [-0.25, -0.2) is 0 Å². The second kappa shape index (κ2) is 6.88. The average Bonchev–Trinajstić information content (AvgIpc) is 2.82. The Morgan fingerprint density at radius 2 is 2.00 bits per heavy atom. The maximum absolute atomic E-state index is 12.2. The maximum atomic E-state index is 12.2. The molecule has 2 fully saturated rings. The van der Waals surface area contributed by atoms with E-state index in [-0.39, 0.29) is 23.7 Å². The molecular formula is C16H29N3O2. The second-order valence-corrected chi connectivity index (χ2v) is 6.97. The fraction of sp³-hybridized carbons (Fsp3) is 0.875. The third-order valence-electron chi connectivity index (χ3n) is 4.83. The van der Waals surface area contributed by atoms with Gasteiger partial charge in [0.2, 0.25) is 5.91 Å². The summed E-state index contributed by atoms with van der Waals surface area (Å²) < 4.78 is 0. The third kappa shape index (κ3) is 4.04. The molecule has 0 spiro atoms. The number of Topliss-reactive ketones (excluding diaryl/α,β-unsaturated/α-hetero) is 1. The Morgan fingerprint density at radius 1 is 1.29 bits per heavy atom. The monoisotopic (exact) mass is 295 g/mol. The lowest BCUT2D eigenvalue weighted by Gasteiger charge is -2.42. The number of nitrogens with zero attached hydrogens (tertiary/aromatic N) is 2. The Bertz CT molecular complexity index is 397. The highest BCUT2D eigenvalue weighted by Gasteiger charge is 2.35. The molecule has 0 aromatic rings. The summed E-state index contributed by atoms with van der Waals surface area (Å²) in [6.45, 7) is 11.3. The normalized spacial score (nSPS) is 28.4. The van der Waals surface area contributed by atoms with E-state index >= 15 is 0 Å². The van der Waals surface area contributed by atoms with Crippen LogP contribution in [0.25, 0.3) is 0 Å². The van der Waals surface area contributed by atoms with E-state index in [0.29, 0.717) is 18.6 Å². The third-order valence-corrected chi connectivity index (χ3v) is 4.83. The van der Waals surface area contributed by atoms with Gasteiger partial charge in [0.25, 0.3) is 0 Å². The van der Waals surface area contributed by atoms with Crippen LogP contribution in [0.5, 0.6) is 0 Å². The predicted octanol–water partition coefficient (Wildman–Crippen LogP) is 0.885. The fourth-order valence-corrected chi connectivity index (χ4v) is 3.61. The molecule has 5 nitrogen and oxygen atoms in total. The van der Waals surface area contributed by atoms with Crippen molar-refractivity contribution in [2.45, 2.75) is 58.7 Å². The van der Waals surface area contributed by atoms with Gasteiger partial charge < -0.3 is 5.32 Å². The molecule has 2 saturated heterocycles. The molecule has 2 heterocycles. The van der Waals surface area contributed by atoms with Gasteiger partial charge in [0, 0.05) is 25.2 Å². The van der Waals surface area contributed by atoms with Crippen molar-refractivity contribution >= 4 is 11.7 Å². The highest BCUT2D eigenvalue weighted by Crippen LogP contribution is 2.24. The van der Waals surface area contributed by atoms with E-state index in [1.54, 1.807) is 6.92 Å². The average molecular weight is 295 g/mol. The van der Waals surface area contributed by atoms with Crippen LogP contribution in [0, 0.1) is 5.92 Å². The molecule has 0 aromatic carbocycles. The van der Waals surface area contributed by atoms with E-state index in [4.69, 9.17) is 0 Å². The van der Waals surface area contributed by atoms with Gasteiger partial charge in [0.05, 0.1) is 12.6 Å². The first-order valence-corrected chi connectivity index (χ1v) is 8.16. The molecule has 2 rings (SSSR count). The lowest BCUT2D eigenvalue weighted by Crippen LogP contribution is -2.57. The summed E-state index contributed by atoms with van der Waals surface area (Å²) in [7, 11) is 0. The molecule has 5 heteroatoms. The van der Waals surface area contributed by atoms with Crippen LogP contribution in [0.4, 0.5) is 0 Å². The molecule has 0 aliphatic carbocycles. The fourth-order valence-electron chi connectivity index (χ4n) is 3.61. The smallest absolute Gasteiger partial charge is 0.234 e. The zero-order valence-corrected chi connectivity index (χ0v) is 13.8. The van der Waals surface area contributed by atoms with Crippen molar-refractivity contribution in [2.75, 3.05) is 26.2 Å². The van der Waals surface area contributed by atoms with Gasteiger partial charge in [-0.05, 0) is 39.2 Å². The van der Waals surface area contributed by atoms with Gasteiger partial charge in [-0.15, -0.1) is 0 Å². The first-order chi connectivity index (χ1) is 9.88. The minimum absolute atomic E-state index is 0.0257. The van der Waals surface area contributed by atoms with Crippen molar-refractivity contribution < 1.29 is 9.59 Å². The number of rotatable bonds is 5. The number of ketones is 1. The Morgan fingerprint density at radius 3 is 2.62 bits per heavy atom. The van der Waals surface area contributed by atoms with Crippen molar-refractivity contribution in [3.63, 3.8) is 0 Å². The molecule has 3 unspecified atom stereocenters. The molecular weight excluding hydrogens is 266 g/mol. The maximum Gasteiger partial charge on any atom is 0.234 e. The van der Waals surface area contributed by atoms with E-state index in [0.717, 1.165) is 13.1 Å². The van der Waals surface area contributed by atoms with Crippen LogP contribution in [-0.4, -0.2) is 65.8 Å². The molecule has 2 aliphatic heterocycles. The number of piperazine rings is 1. The van der Waals surface area contributed by atoms with Crippen molar-refractivity contribution in [2.24, 2.45) is 5.92 Å². The Labute approximate surface area is 128 Å². The largest absolute Gasteiger partial charge is 0.345 e. The number of fused-ring (bicyclic) bond motifs is 1. The quantitative estimate of drug-likeness (QED) is 0.818. The molecule has 1 amide bonds. The Hall–Kier alpha value is -0.940. The van der Waals surface area contributed by atoms with E-state index in [2.05, 4.69) is 22.0 Å². The minimum atomic E-state index is -0.361. The second-order valence-electron chi connectivity index (χ2n) is 6.97. The summed E-state index contributed by atoms with van der Waals surface area (Å²) >= 11 is 0. The topological polar surface area (TPSA) is 52.7 Å². The summed E-state index contributed by atoms with van der Waals surface area (Å²) in [5, 5.41) is 2.90. The Balaban J connectivity index is 1.88. The van der Waals surface area contributed by atoms with Crippen molar-refractivity contribution in [3.05, 3.63) is 0 Å². The molecule has 2 aliphatic rings. The predicted molar refractivity (Wildman–Crippen MR) is 83.1 cm³/mol. The Kier molecular flexibility index (Phi) is 5.38. The zero-order chi connectivity index (χ0) is 15.6. The van der Waals surface area contributed by atoms with E-state index in [9.17, 15) is 9.59 Å². The minimum Gasteiger partial charge on any atom is -0.345 e. The van der Waals surface area contributed by atoms with Crippen LogP contribution in [0.3, 0.4) is 0 Å². The van der Waals surface area contributed by atoms with Gasteiger partial charge in [-0.2, -0.15) is 0 Å². The van der Waals surface area contributed by atoms with Crippen molar-refractivity contribution in [3.8, 4) is 0 Å². The van der Waals surface area contributed by atoms with Crippen molar-refractivity contribution in [1.29, 1.82) is 0 Å². The molecule has 3 atom stereocenters. The number of carbonyl (C=O) groups is 2. The highest BCUT2D eigenvalue weighted by molar-refractivity contribution is 5.88. The number of hydrogen-bond donors (Lipinski definition) is 1. The van der Waals surface area contributed by atoms with Crippen LogP contribution < -0.4 is 5.32 Å². The van der Waals surface area contributed by atoms with E-state index < -0.39 is 0 Å². The van der Waals surface area contributed by atoms with Crippen LogP contribution in [0.2, 0.25) is 0 Å². The summed E-state index contributed by atoms with van der Waals surface area (Å²) in [4.78, 5) is 28.7. The number of carbonyl (C=O) groups excluding carboxylic acids is 2. The molecule has 21 heavy (non-hydrogen) atoms. The standard InChI is InChI=1S/C16H29N3O2/c1-11(2)16(13(4)20)17-15(21)10-19-9-14-6-5-7-18(14)8-12(19)3/h11-12,14,16H,5-10H2,1-4H3,(H,17,21). The van der Waals surface area contributed by atoms with E-state index in [1.165, 1.54) is 19.4 Å². The van der Waals surface area contributed by atoms with Gasteiger partial charge in [-0.3, -0.25) is 19.4 Å². The zero-order valence-electron chi connectivity index (χ0n) is 13.8. The SMILES string of the molecule is CC(=O)C(NC(=O)CN1CC2CCCN2CC1C)C(C)C. The van der Waals surface area contributed by atoms with Gasteiger partial charge >= 0.3 is 0 Å². The molecule has 120 valence electrons. The summed E-state index contributed by atoms with van der Waals surface area (Å²) in [5.74, 6) is 0.143. The van der Waals surface area contributed by atoms with Crippen LogP contribution in [-0.2, 0) is 9.59 Å². The molecule has 0 bridgehead atoms. The van der Waals surface area contributed by atoms with Crippen LogP contribution >= 0.6 is 0 Å². The lowest BCUT2D eigenvalue weighted by atomic mass is 10.0. The molecule has 0 saturated carbocycles. The number of amides is 1. The first-order valence-electron chi connectivity index (χ1n) is 8.16. The number of nitrogens with one attached hydrogen (secondary N) is 1. The van der Waals surface area contributed by atoms with Gasteiger partial charge in [0.1, 0.15) is 0 Å². The summed E-state index contributed by atoms with van der Waals surface area (Å²) in [5.41, 5.74) is 0. The molecule has 0 radical (unpaired) electrons. The van der Waals surface area contributed by atoms with Crippen molar-refractivity contribution in [1.82, 2.24) is 15.1 Å². The van der Waals surface area contributed by atoms with E-state index in [1.807, 2.05) is 13.8 Å². The van der Waals surface area contributed by atoms with Crippen LogP contribution in [0.15, 0.2) is 0 Å². The lowest BCUT2D eigenvalue weighted by molar-refractivity contribution is -0.129. The summed E-state index contributed by atoms with van der Waals surface area (Å²) in [6, 6.07) is 0.656. The summed E-state index contributed by atoms with van der Waals surface area (Å²) in [6.07, 6.45) is 2.52.